The van der Waals surface area contributed by atoms with Crippen LogP contribution in [0.4, 0.5) is 0 Å². The van der Waals surface area contributed by atoms with Gasteiger partial charge in [0.05, 0.1) is 25.4 Å². The lowest BCUT2D eigenvalue weighted by Gasteiger charge is -2.19. The van der Waals surface area contributed by atoms with E-state index in [-0.39, 0.29) is 36.9 Å². The molecule has 1 aromatic carbocycles. The minimum atomic E-state index is -0.588. The fourth-order valence-electron chi connectivity index (χ4n) is 4.61. The molecule has 0 aromatic heterocycles. The van der Waals surface area contributed by atoms with E-state index in [2.05, 4.69) is 24.4 Å². The number of ketones is 1. The van der Waals surface area contributed by atoms with Crippen LogP contribution in [0.5, 0.6) is 0 Å². The Labute approximate surface area is 198 Å². The van der Waals surface area contributed by atoms with Crippen molar-refractivity contribution in [2.24, 2.45) is 5.92 Å². The molecule has 0 radical (unpaired) electrons. The highest BCUT2D eigenvalue weighted by molar-refractivity contribution is 5.98. The van der Waals surface area contributed by atoms with E-state index in [0.717, 1.165) is 56.9 Å². The van der Waals surface area contributed by atoms with Gasteiger partial charge in [-0.3, -0.25) is 9.59 Å². The summed E-state index contributed by atoms with van der Waals surface area (Å²) in [6.45, 7) is 1.59. The summed E-state index contributed by atoms with van der Waals surface area (Å²) in [5.41, 5.74) is 3.45. The number of amides is 1. The third-order valence-electron chi connectivity index (χ3n) is 6.56. The topological polar surface area (TPSA) is 107 Å². The molecule has 2 atom stereocenters. The van der Waals surface area contributed by atoms with E-state index in [0.29, 0.717) is 19.3 Å². The first kappa shape index (κ1) is 27.2. The molecule has 33 heavy (non-hydrogen) atoms. The van der Waals surface area contributed by atoms with Gasteiger partial charge in [0.15, 0.2) is 5.78 Å². The number of hydrogen-bond donors (Lipinski definition) is 4. The third kappa shape index (κ3) is 9.78. The number of nitrogens with one attached hydrogen (secondary N) is 1. The van der Waals surface area contributed by atoms with Gasteiger partial charge in [0.2, 0.25) is 5.91 Å². The Kier molecular flexibility index (Phi) is 12.4. The molecule has 1 amide bonds. The highest BCUT2D eigenvalue weighted by Crippen LogP contribution is 2.34. The summed E-state index contributed by atoms with van der Waals surface area (Å²) < 4.78 is 0. The minimum absolute atomic E-state index is 0.154. The highest BCUT2D eigenvalue weighted by Gasteiger charge is 2.26. The Bertz CT molecular complexity index is 757. The largest absolute Gasteiger partial charge is 0.394 e. The van der Waals surface area contributed by atoms with Crippen LogP contribution in [-0.4, -0.2) is 52.4 Å². The number of carbonyl (C=O) groups excluding carboxylic acids is 2. The number of carbonyl (C=O) groups is 2. The standard InChI is InChI=1S/C27H41NO5/c1-20(17-23(31)14-13-21-9-5-4-6-10-21)24-15-16-26(32)25(24)11-7-2-3-8-12-27(33)28-22(18-29)19-30/h4-6,9-10,20,22-23,29-31H,2-3,7-8,11-19H2,1H3,(H,28,33)/t20-,23-/m0/s1. The number of allylic oxidation sites excluding steroid dienone is 2. The maximum atomic E-state index is 12.4. The molecule has 0 saturated heterocycles. The second-order valence-corrected chi connectivity index (χ2v) is 9.29. The number of unbranched alkanes of at least 4 members (excludes halogenated alkanes) is 3. The average molecular weight is 460 g/mol. The molecule has 4 N–H and O–H groups in total. The number of Topliss-reactive ketones (excluding diaryl/α,β-unsaturated/α-hetero) is 1. The van der Waals surface area contributed by atoms with E-state index in [1.54, 1.807) is 0 Å². The predicted molar refractivity (Wildman–Crippen MR) is 130 cm³/mol. The fourth-order valence-corrected chi connectivity index (χ4v) is 4.61. The number of benzene rings is 1. The second-order valence-electron chi connectivity index (χ2n) is 9.29. The maximum absolute atomic E-state index is 12.4. The lowest BCUT2D eigenvalue weighted by atomic mass is 9.89. The minimum Gasteiger partial charge on any atom is -0.394 e. The molecule has 0 unspecified atom stereocenters. The van der Waals surface area contributed by atoms with E-state index in [1.165, 1.54) is 11.1 Å². The summed E-state index contributed by atoms with van der Waals surface area (Å²) in [6, 6.07) is 9.61. The monoisotopic (exact) mass is 459 g/mol. The van der Waals surface area contributed by atoms with Gasteiger partial charge in [0.25, 0.3) is 0 Å². The lowest BCUT2D eigenvalue weighted by Crippen LogP contribution is -2.39. The first-order valence-electron chi connectivity index (χ1n) is 12.4. The summed E-state index contributed by atoms with van der Waals surface area (Å²) in [5.74, 6) is 0.319. The molecule has 6 nitrogen and oxygen atoms in total. The lowest BCUT2D eigenvalue weighted by molar-refractivity contribution is -0.122. The normalized spacial score (nSPS) is 15.8. The molecule has 2 rings (SSSR count). The summed E-state index contributed by atoms with van der Waals surface area (Å²) in [7, 11) is 0. The van der Waals surface area contributed by atoms with Crippen molar-refractivity contribution >= 4 is 11.7 Å². The molecule has 6 heteroatoms. The molecule has 1 aromatic rings. The average Bonchev–Trinajstić information content (AvgIpc) is 3.19. The van der Waals surface area contributed by atoms with Crippen molar-refractivity contribution < 1.29 is 24.9 Å². The van der Waals surface area contributed by atoms with Crippen LogP contribution in [0.25, 0.3) is 0 Å². The molecular formula is C27H41NO5. The molecule has 0 spiro atoms. The SMILES string of the molecule is C[C@@H](C[C@@H](O)CCc1ccccc1)C1=C(CCCCCCC(=O)NC(CO)CO)C(=O)CC1. The van der Waals surface area contributed by atoms with Gasteiger partial charge in [-0.2, -0.15) is 0 Å². The molecule has 1 aliphatic carbocycles. The van der Waals surface area contributed by atoms with Crippen molar-refractivity contribution in [1.29, 1.82) is 0 Å². The number of rotatable bonds is 16. The Morgan fingerprint density at radius 1 is 1.00 bits per heavy atom. The number of aliphatic hydroxyl groups excluding tert-OH is 3. The number of aliphatic hydroxyl groups is 3. The van der Waals surface area contributed by atoms with Gasteiger partial charge in [0.1, 0.15) is 0 Å². The molecule has 0 fully saturated rings. The zero-order valence-corrected chi connectivity index (χ0v) is 20.0. The van der Waals surface area contributed by atoms with E-state index >= 15 is 0 Å². The third-order valence-corrected chi connectivity index (χ3v) is 6.56. The fraction of sp³-hybridized carbons (Fsp3) is 0.630. The quantitative estimate of drug-likeness (QED) is 0.283. The molecule has 0 bridgehead atoms. The van der Waals surface area contributed by atoms with Gasteiger partial charge >= 0.3 is 0 Å². The van der Waals surface area contributed by atoms with Crippen LogP contribution in [0, 0.1) is 5.92 Å². The van der Waals surface area contributed by atoms with Gasteiger partial charge in [-0.15, -0.1) is 0 Å². The Balaban J connectivity index is 1.71. The predicted octanol–water partition coefficient (Wildman–Crippen LogP) is 3.48. The van der Waals surface area contributed by atoms with Crippen molar-refractivity contribution in [3.8, 4) is 0 Å². The van der Waals surface area contributed by atoms with Gasteiger partial charge in [-0.1, -0.05) is 55.7 Å². The van der Waals surface area contributed by atoms with Gasteiger partial charge < -0.3 is 20.6 Å². The van der Waals surface area contributed by atoms with Crippen LogP contribution >= 0.6 is 0 Å². The van der Waals surface area contributed by atoms with Crippen molar-refractivity contribution in [2.45, 2.75) is 89.7 Å². The molecule has 0 saturated carbocycles. The molecule has 184 valence electrons. The first-order chi connectivity index (χ1) is 15.9. The van der Waals surface area contributed by atoms with E-state index in [4.69, 9.17) is 10.2 Å². The van der Waals surface area contributed by atoms with Crippen molar-refractivity contribution in [3.63, 3.8) is 0 Å². The van der Waals surface area contributed by atoms with E-state index in [1.807, 2.05) is 18.2 Å². The molecule has 0 aliphatic heterocycles. The Morgan fingerprint density at radius 3 is 2.39 bits per heavy atom. The van der Waals surface area contributed by atoms with Gasteiger partial charge in [0, 0.05) is 12.8 Å². The molecular weight excluding hydrogens is 418 g/mol. The van der Waals surface area contributed by atoms with Crippen LogP contribution in [0.1, 0.15) is 76.7 Å². The van der Waals surface area contributed by atoms with Crippen LogP contribution in [0.3, 0.4) is 0 Å². The second kappa shape index (κ2) is 15.0. The molecule has 0 heterocycles. The zero-order chi connectivity index (χ0) is 24.1. The van der Waals surface area contributed by atoms with Gasteiger partial charge in [-0.25, -0.2) is 0 Å². The summed E-state index contributed by atoms with van der Waals surface area (Å²) >= 11 is 0. The Morgan fingerprint density at radius 2 is 1.70 bits per heavy atom. The van der Waals surface area contributed by atoms with E-state index in [9.17, 15) is 14.7 Å². The zero-order valence-electron chi connectivity index (χ0n) is 20.0. The van der Waals surface area contributed by atoms with Crippen molar-refractivity contribution in [3.05, 3.63) is 47.0 Å². The number of aryl methyl sites for hydroxylation is 1. The van der Waals surface area contributed by atoms with Crippen LogP contribution < -0.4 is 5.32 Å². The van der Waals surface area contributed by atoms with Crippen LogP contribution in [0.2, 0.25) is 0 Å². The van der Waals surface area contributed by atoms with Crippen LogP contribution in [-0.2, 0) is 16.0 Å². The van der Waals surface area contributed by atoms with Crippen molar-refractivity contribution in [2.75, 3.05) is 13.2 Å². The summed E-state index contributed by atoms with van der Waals surface area (Å²) in [5, 5.41) is 31.1. The van der Waals surface area contributed by atoms with Gasteiger partial charge in [-0.05, 0) is 62.0 Å². The first-order valence-corrected chi connectivity index (χ1v) is 12.4. The summed E-state index contributed by atoms with van der Waals surface area (Å²) in [4.78, 5) is 24.2. The Hall–Kier alpha value is -2.02. The highest BCUT2D eigenvalue weighted by atomic mass is 16.3. The maximum Gasteiger partial charge on any atom is 0.220 e. The molecule has 1 aliphatic rings. The van der Waals surface area contributed by atoms with E-state index < -0.39 is 6.04 Å². The summed E-state index contributed by atoms with van der Waals surface area (Å²) in [6.07, 6.45) is 8.00. The smallest absolute Gasteiger partial charge is 0.220 e. The van der Waals surface area contributed by atoms with Crippen LogP contribution in [0.15, 0.2) is 41.5 Å². The number of hydrogen-bond acceptors (Lipinski definition) is 5. The van der Waals surface area contributed by atoms with Crippen molar-refractivity contribution in [1.82, 2.24) is 5.32 Å².